The lowest BCUT2D eigenvalue weighted by Crippen LogP contribution is -2.48. The van der Waals surface area contributed by atoms with Crippen LogP contribution < -0.4 is 10.6 Å². The molecule has 0 spiro atoms. The van der Waals surface area contributed by atoms with Crippen molar-refractivity contribution < 1.29 is 9.90 Å². The second kappa shape index (κ2) is 5.83. The number of aliphatic hydroxyl groups is 1. The van der Waals surface area contributed by atoms with Gasteiger partial charge in [0, 0.05) is 13.1 Å². The van der Waals surface area contributed by atoms with E-state index in [4.69, 9.17) is 0 Å². The second-order valence-electron chi connectivity index (χ2n) is 5.76. The summed E-state index contributed by atoms with van der Waals surface area (Å²) in [5.74, 6) is 0.567. The van der Waals surface area contributed by atoms with Crippen molar-refractivity contribution in [1.82, 2.24) is 10.6 Å². The van der Waals surface area contributed by atoms with E-state index in [0.29, 0.717) is 12.5 Å². The maximum absolute atomic E-state index is 12.3. The van der Waals surface area contributed by atoms with Crippen LogP contribution in [-0.2, 0) is 4.79 Å². The highest BCUT2D eigenvalue weighted by Crippen LogP contribution is 2.34. The van der Waals surface area contributed by atoms with Gasteiger partial charge in [0.05, 0.1) is 11.5 Å². The van der Waals surface area contributed by atoms with Crippen LogP contribution in [0.3, 0.4) is 0 Å². The molecule has 0 aliphatic carbocycles. The summed E-state index contributed by atoms with van der Waals surface area (Å²) in [6, 6.07) is 0. The van der Waals surface area contributed by atoms with Gasteiger partial charge in [-0.3, -0.25) is 4.79 Å². The third-order valence-corrected chi connectivity index (χ3v) is 3.99. The van der Waals surface area contributed by atoms with Gasteiger partial charge in [-0.15, -0.1) is 0 Å². The molecule has 4 heteroatoms. The van der Waals surface area contributed by atoms with Crippen LogP contribution in [-0.4, -0.2) is 36.8 Å². The van der Waals surface area contributed by atoms with Gasteiger partial charge >= 0.3 is 0 Å². The zero-order chi connectivity index (χ0) is 13.1. The van der Waals surface area contributed by atoms with Crippen molar-refractivity contribution in [2.24, 2.45) is 17.3 Å². The Bertz CT molecular complexity index is 258. The van der Waals surface area contributed by atoms with Crippen molar-refractivity contribution in [3.63, 3.8) is 0 Å². The van der Waals surface area contributed by atoms with E-state index in [0.717, 1.165) is 19.5 Å². The van der Waals surface area contributed by atoms with E-state index in [1.807, 2.05) is 13.8 Å². The number of hydrogen-bond acceptors (Lipinski definition) is 3. The summed E-state index contributed by atoms with van der Waals surface area (Å²) in [5, 5.41) is 15.9. The predicted octanol–water partition coefficient (Wildman–Crippen LogP) is 0.755. The Kier molecular flexibility index (Phi) is 4.95. The molecule has 1 aliphatic rings. The summed E-state index contributed by atoms with van der Waals surface area (Å²) < 4.78 is 0. The smallest absolute Gasteiger partial charge is 0.227 e. The maximum atomic E-state index is 12.3. The normalized spacial score (nSPS) is 26.5. The molecule has 1 amide bonds. The summed E-state index contributed by atoms with van der Waals surface area (Å²) in [5.41, 5.74) is -0.295. The fraction of sp³-hybridized carbons (Fsp3) is 0.923. The Balaban J connectivity index is 2.56. The molecule has 1 heterocycles. The lowest BCUT2D eigenvalue weighted by molar-refractivity contribution is -0.133. The van der Waals surface area contributed by atoms with Gasteiger partial charge in [-0.2, -0.15) is 0 Å². The van der Waals surface area contributed by atoms with E-state index in [2.05, 4.69) is 24.5 Å². The van der Waals surface area contributed by atoms with Crippen LogP contribution >= 0.6 is 0 Å². The van der Waals surface area contributed by atoms with Crippen LogP contribution in [0.1, 0.15) is 34.1 Å². The Hall–Kier alpha value is -0.610. The number of rotatable bonds is 5. The monoisotopic (exact) mass is 242 g/mol. The van der Waals surface area contributed by atoms with Crippen LogP contribution in [0.25, 0.3) is 0 Å². The summed E-state index contributed by atoms with van der Waals surface area (Å²) in [4.78, 5) is 12.3. The van der Waals surface area contributed by atoms with Crippen molar-refractivity contribution in [2.45, 2.75) is 40.2 Å². The standard InChI is InChI=1S/C13H26N2O2/c1-9(2)11(16)7-15-12(17)13(10(3)4)5-6-14-8-13/h9-11,14,16H,5-8H2,1-4H3,(H,15,17). The van der Waals surface area contributed by atoms with Crippen LogP contribution in [0.2, 0.25) is 0 Å². The first-order valence-corrected chi connectivity index (χ1v) is 6.57. The largest absolute Gasteiger partial charge is 0.391 e. The van der Waals surface area contributed by atoms with Crippen molar-refractivity contribution in [1.29, 1.82) is 0 Å². The molecule has 17 heavy (non-hydrogen) atoms. The SMILES string of the molecule is CC(C)C(O)CNC(=O)C1(C(C)C)CCNC1. The Morgan fingerprint density at radius 3 is 2.47 bits per heavy atom. The molecule has 0 aromatic carbocycles. The first-order valence-electron chi connectivity index (χ1n) is 6.57. The molecule has 3 N–H and O–H groups in total. The fourth-order valence-corrected chi connectivity index (χ4v) is 2.27. The minimum atomic E-state index is -0.461. The van der Waals surface area contributed by atoms with E-state index in [1.54, 1.807) is 0 Å². The average molecular weight is 242 g/mol. The summed E-state index contributed by atoms with van der Waals surface area (Å²) >= 11 is 0. The van der Waals surface area contributed by atoms with Crippen molar-refractivity contribution in [2.75, 3.05) is 19.6 Å². The highest BCUT2D eigenvalue weighted by atomic mass is 16.3. The second-order valence-corrected chi connectivity index (χ2v) is 5.76. The van der Waals surface area contributed by atoms with Gasteiger partial charge in [0.25, 0.3) is 0 Å². The number of aliphatic hydroxyl groups excluding tert-OH is 1. The number of carbonyl (C=O) groups is 1. The highest BCUT2D eigenvalue weighted by molar-refractivity contribution is 5.83. The molecule has 0 bridgehead atoms. The molecule has 0 aromatic heterocycles. The van der Waals surface area contributed by atoms with Gasteiger partial charge in [-0.25, -0.2) is 0 Å². The van der Waals surface area contributed by atoms with E-state index in [1.165, 1.54) is 0 Å². The average Bonchev–Trinajstić information content (AvgIpc) is 2.75. The zero-order valence-electron chi connectivity index (χ0n) is 11.4. The van der Waals surface area contributed by atoms with Crippen molar-refractivity contribution in [3.05, 3.63) is 0 Å². The third-order valence-electron chi connectivity index (χ3n) is 3.99. The minimum Gasteiger partial charge on any atom is -0.391 e. The molecule has 1 rings (SSSR count). The molecular weight excluding hydrogens is 216 g/mol. The first kappa shape index (κ1) is 14.5. The third kappa shape index (κ3) is 3.19. The van der Waals surface area contributed by atoms with Gasteiger partial charge < -0.3 is 15.7 Å². The summed E-state index contributed by atoms with van der Waals surface area (Å²) in [6.45, 7) is 10.1. The number of amides is 1. The predicted molar refractivity (Wildman–Crippen MR) is 68.6 cm³/mol. The molecule has 0 aromatic rings. The van der Waals surface area contributed by atoms with Gasteiger partial charge in [0.15, 0.2) is 0 Å². The minimum absolute atomic E-state index is 0.0807. The summed E-state index contributed by atoms with van der Waals surface area (Å²) in [7, 11) is 0. The molecule has 0 saturated carbocycles. The Morgan fingerprint density at radius 2 is 2.06 bits per heavy atom. The van der Waals surface area contributed by atoms with E-state index >= 15 is 0 Å². The maximum Gasteiger partial charge on any atom is 0.227 e. The highest BCUT2D eigenvalue weighted by Gasteiger charge is 2.43. The van der Waals surface area contributed by atoms with Crippen LogP contribution in [0.5, 0.6) is 0 Å². The van der Waals surface area contributed by atoms with Gasteiger partial charge in [-0.1, -0.05) is 27.7 Å². The summed E-state index contributed by atoms with van der Waals surface area (Å²) in [6.07, 6.45) is 0.423. The molecule has 1 fully saturated rings. The van der Waals surface area contributed by atoms with E-state index < -0.39 is 6.10 Å². The molecule has 2 atom stereocenters. The molecule has 2 unspecified atom stereocenters. The Labute approximate surface area is 104 Å². The quantitative estimate of drug-likeness (QED) is 0.667. The molecule has 100 valence electrons. The van der Waals surface area contributed by atoms with Crippen LogP contribution in [0.15, 0.2) is 0 Å². The van der Waals surface area contributed by atoms with Gasteiger partial charge in [-0.05, 0) is 24.8 Å². The lowest BCUT2D eigenvalue weighted by atomic mass is 9.75. The zero-order valence-corrected chi connectivity index (χ0v) is 11.4. The van der Waals surface area contributed by atoms with Crippen LogP contribution in [0, 0.1) is 17.3 Å². The van der Waals surface area contributed by atoms with Crippen molar-refractivity contribution in [3.8, 4) is 0 Å². The van der Waals surface area contributed by atoms with Crippen LogP contribution in [0.4, 0.5) is 0 Å². The molecule has 1 saturated heterocycles. The number of hydrogen-bond donors (Lipinski definition) is 3. The van der Waals surface area contributed by atoms with Gasteiger partial charge in [0.2, 0.25) is 5.91 Å². The lowest BCUT2D eigenvalue weighted by Gasteiger charge is -2.31. The number of nitrogens with one attached hydrogen (secondary N) is 2. The number of carbonyl (C=O) groups excluding carboxylic acids is 1. The van der Waals surface area contributed by atoms with E-state index in [-0.39, 0.29) is 17.2 Å². The van der Waals surface area contributed by atoms with Crippen molar-refractivity contribution >= 4 is 5.91 Å². The van der Waals surface area contributed by atoms with Gasteiger partial charge in [0.1, 0.15) is 0 Å². The Morgan fingerprint density at radius 1 is 1.41 bits per heavy atom. The molecular formula is C13H26N2O2. The molecule has 4 nitrogen and oxygen atoms in total. The van der Waals surface area contributed by atoms with E-state index in [9.17, 15) is 9.90 Å². The fourth-order valence-electron chi connectivity index (χ4n) is 2.27. The molecule has 1 aliphatic heterocycles. The first-order chi connectivity index (χ1) is 7.90. The topological polar surface area (TPSA) is 61.4 Å². The molecule has 0 radical (unpaired) electrons.